The summed E-state index contributed by atoms with van der Waals surface area (Å²) in [5.74, 6) is -0.217. The fraction of sp³-hybridized carbons (Fsp3) is 0.208. The summed E-state index contributed by atoms with van der Waals surface area (Å²) in [4.78, 5) is 31.7. The summed E-state index contributed by atoms with van der Waals surface area (Å²) in [6, 6.07) is 18.1. The number of carbonyl (C=O) groups excluding carboxylic acids is 1. The van der Waals surface area contributed by atoms with Gasteiger partial charge in [0.2, 0.25) is 5.91 Å². The molecule has 0 radical (unpaired) electrons. The van der Waals surface area contributed by atoms with E-state index in [0.29, 0.717) is 23.1 Å². The molecule has 0 aliphatic rings. The molecule has 1 N–H and O–H groups in total. The Labute approximate surface area is 179 Å². The Morgan fingerprint density at radius 3 is 2.47 bits per heavy atom. The van der Waals surface area contributed by atoms with E-state index in [2.05, 4.69) is 29.5 Å². The third-order valence-electron chi connectivity index (χ3n) is 5.17. The van der Waals surface area contributed by atoms with Gasteiger partial charge in [0.05, 0.1) is 5.39 Å². The smallest absolute Gasteiger partial charge is 0.273 e. The first kappa shape index (κ1) is 20.0. The number of nitrogens with zero attached hydrogens (tertiary/aromatic N) is 2. The van der Waals surface area contributed by atoms with Crippen LogP contribution in [0, 0.1) is 6.92 Å². The van der Waals surface area contributed by atoms with Crippen LogP contribution in [0.1, 0.15) is 29.3 Å². The van der Waals surface area contributed by atoms with E-state index in [1.54, 1.807) is 0 Å². The van der Waals surface area contributed by atoms with Crippen molar-refractivity contribution in [1.82, 2.24) is 9.66 Å². The normalized spacial score (nSPS) is 11.0. The molecular formula is C24H23N3O2S. The van der Waals surface area contributed by atoms with Crippen molar-refractivity contribution in [3.05, 3.63) is 87.3 Å². The summed E-state index contributed by atoms with van der Waals surface area (Å²) < 4.78 is 1.20. The van der Waals surface area contributed by atoms with Crippen LogP contribution in [-0.2, 0) is 17.6 Å². The molecule has 0 fully saturated rings. The highest BCUT2D eigenvalue weighted by molar-refractivity contribution is 7.19. The van der Waals surface area contributed by atoms with Crippen LogP contribution in [0.15, 0.2) is 65.7 Å². The second-order valence-electron chi connectivity index (χ2n) is 7.20. The van der Waals surface area contributed by atoms with Crippen molar-refractivity contribution in [3.63, 3.8) is 0 Å². The molecule has 30 heavy (non-hydrogen) atoms. The largest absolute Gasteiger partial charge is 0.281 e. The summed E-state index contributed by atoms with van der Waals surface area (Å²) >= 11 is 1.49. The van der Waals surface area contributed by atoms with Crippen LogP contribution in [0.5, 0.6) is 0 Å². The number of rotatable bonds is 6. The molecule has 4 aromatic rings. The predicted octanol–water partition coefficient (Wildman–Crippen LogP) is 4.70. The highest BCUT2D eigenvalue weighted by Crippen LogP contribution is 2.35. The summed E-state index contributed by atoms with van der Waals surface area (Å²) in [7, 11) is 0. The number of aromatic nitrogens is 2. The Hall–Kier alpha value is -3.25. The maximum absolute atomic E-state index is 13.1. The summed E-state index contributed by atoms with van der Waals surface area (Å²) in [5.41, 5.74) is 6.66. The lowest BCUT2D eigenvalue weighted by molar-refractivity contribution is -0.117. The second-order valence-corrected chi connectivity index (χ2v) is 8.41. The topological polar surface area (TPSA) is 64.0 Å². The average Bonchev–Trinajstić information content (AvgIpc) is 3.12. The molecule has 2 aromatic carbocycles. The standard InChI is InChI=1S/C24H23N3O2S/c1-3-17-9-11-18(12-10-17)13-14-20(28)26-27-15-25-23-22(24(27)29)21(16(2)30-23)19-7-5-4-6-8-19/h4-12,15H,3,13-14H2,1-2H3,(H,26,28). The van der Waals surface area contributed by atoms with Gasteiger partial charge in [0, 0.05) is 16.9 Å². The number of hydrogen-bond donors (Lipinski definition) is 1. The number of thiophene rings is 1. The highest BCUT2D eigenvalue weighted by Gasteiger charge is 2.17. The van der Waals surface area contributed by atoms with Gasteiger partial charge in [-0.3, -0.25) is 15.0 Å². The molecule has 5 nitrogen and oxygen atoms in total. The molecule has 0 unspecified atom stereocenters. The van der Waals surface area contributed by atoms with E-state index < -0.39 is 0 Å². The molecule has 0 aliphatic carbocycles. The summed E-state index contributed by atoms with van der Waals surface area (Å²) in [6.07, 6.45) is 3.30. The Balaban J connectivity index is 1.56. The van der Waals surface area contributed by atoms with Gasteiger partial charge in [-0.15, -0.1) is 11.3 Å². The monoisotopic (exact) mass is 417 g/mol. The van der Waals surface area contributed by atoms with Crippen LogP contribution < -0.4 is 11.0 Å². The second kappa shape index (κ2) is 8.63. The van der Waals surface area contributed by atoms with Crippen molar-refractivity contribution in [2.75, 3.05) is 5.43 Å². The number of fused-ring (bicyclic) bond motifs is 1. The quantitative estimate of drug-likeness (QED) is 0.495. The summed E-state index contributed by atoms with van der Waals surface area (Å²) in [6.45, 7) is 4.10. The minimum atomic E-state index is -0.260. The van der Waals surface area contributed by atoms with E-state index in [-0.39, 0.29) is 11.5 Å². The predicted molar refractivity (Wildman–Crippen MR) is 123 cm³/mol. The van der Waals surface area contributed by atoms with Gasteiger partial charge < -0.3 is 0 Å². The van der Waals surface area contributed by atoms with E-state index in [9.17, 15) is 9.59 Å². The van der Waals surface area contributed by atoms with Gasteiger partial charge in [-0.2, -0.15) is 0 Å². The van der Waals surface area contributed by atoms with Gasteiger partial charge in [0.15, 0.2) is 0 Å². The number of hydrogen-bond acceptors (Lipinski definition) is 4. The first-order valence-corrected chi connectivity index (χ1v) is 10.8. The highest BCUT2D eigenvalue weighted by atomic mass is 32.1. The molecule has 0 spiro atoms. The van der Waals surface area contributed by atoms with Crippen LogP contribution in [0.3, 0.4) is 0 Å². The zero-order valence-electron chi connectivity index (χ0n) is 17.0. The fourth-order valence-electron chi connectivity index (χ4n) is 3.52. The number of carbonyl (C=O) groups is 1. The molecule has 4 rings (SSSR count). The Morgan fingerprint density at radius 2 is 1.77 bits per heavy atom. The lowest BCUT2D eigenvalue weighted by atomic mass is 10.0. The van der Waals surface area contributed by atoms with Gasteiger partial charge >= 0.3 is 0 Å². The molecule has 1 amide bonds. The van der Waals surface area contributed by atoms with E-state index >= 15 is 0 Å². The maximum atomic E-state index is 13.1. The molecule has 6 heteroatoms. The van der Waals surface area contributed by atoms with Crippen molar-refractivity contribution in [2.45, 2.75) is 33.1 Å². The number of nitrogens with one attached hydrogen (secondary N) is 1. The minimum Gasteiger partial charge on any atom is -0.273 e. The van der Waals surface area contributed by atoms with E-state index in [1.165, 1.54) is 27.9 Å². The van der Waals surface area contributed by atoms with Gasteiger partial charge in [-0.05, 0) is 36.5 Å². The number of aryl methyl sites for hydroxylation is 3. The van der Waals surface area contributed by atoms with Crippen molar-refractivity contribution >= 4 is 27.5 Å². The third-order valence-corrected chi connectivity index (χ3v) is 6.18. The van der Waals surface area contributed by atoms with Crippen molar-refractivity contribution in [3.8, 4) is 11.1 Å². The first-order chi connectivity index (χ1) is 14.6. The molecular weight excluding hydrogens is 394 g/mol. The molecule has 0 saturated heterocycles. The van der Waals surface area contributed by atoms with Crippen LogP contribution in [0.2, 0.25) is 0 Å². The third kappa shape index (κ3) is 4.04. The molecule has 152 valence electrons. The van der Waals surface area contributed by atoms with Crippen molar-refractivity contribution in [2.24, 2.45) is 0 Å². The van der Waals surface area contributed by atoms with Gasteiger partial charge in [-0.25, -0.2) is 9.66 Å². The Kier molecular flexibility index (Phi) is 5.77. The van der Waals surface area contributed by atoms with Crippen LogP contribution in [0.25, 0.3) is 21.3 Å². The Bertz CT molecular complexity index is 1240. The van der Waals surface area contributed by atoms with E-state index in [4.69, 9.17) is 0 Å². The van der Waals surface area contributed by atoms with Gasteiger partial charge in [0.25, 0.3) is 5.56 Å². The SMILES string of the molecule is CCc1ccc(CCC(=O)Nn2cnc3sc(C)c(-c4ccccc4)c3c2=O)cc1. The summed E-state index contributed by atoms with van der Waals surface area (Å²) in [5, 5.41) is 0.543. The fourth-order valence-corrected chi connectivity index (χ4v) is 4.53. The van der Waals surface area contributed by atoms with E-state index in [1.807, 2.05) is 49.4 Å². The van der Waals surface area contributed by atoms with Gasteiger partial charge in [-0.1, -0.05) is 61.5 Å². The zero-order valence-corrected chi connectivity index (χ0v) is 17.8. The minimum absolute atomic E-state index is 0.217. The average molecular weight is 418 g/mol. The number of benzene rings is 2. The first-order valence-electron chi connectivity index (χ1n) is 10.0. The van der Waals surface area contributed by atoms with Gasteiger partial charge in [0.1, 0.15) is 11.2 Å². The Morgan fingerprint density at radius 1 is 1.07 bits per heavy atom. The van der Waals surface area contributed by atoms with Crippen LogP contribution in [0.4, 0.5) is 0 Å². The molecule has 0 bridgehead atoms. The molecule has 0 saturated carbocycles. The van der Waals surface area contributed by atoms with Crippen molar-refractivity contribution in [1.29, 1.82) is 0 Å². The molecule has 0 atom stereocenters. The van der Waals surface area contributed by atoms with E-state index in [0.717, 1.165) is 28.0 Å². The molecule has 2 aromatic heterocycles. The molecule has 0 aliphatic heterocycles. The van der Waals surface area contributed by atoms with Crippen molar-refractivity contribution < 1.29 is 4.79 Å². The van der Waals surface area contributed by atoms with Crippen LogP contribution >= 0.6 is 11.3 Å². The van der Waals surface area contributed by atoms with Crippen LogP contribution in [-0.4, -0.2) is 15.6 Å². The lowest BCUT2D eigenvalue weighted by Gasteiger charge is -2.09. The lowest BCUT2D eigenvalue weighted by Crippen LogP contribution is -2.33. The number of amides is 1. The maximum Gasteiger partial charge on any atom is 0.281 e. The zero-order chi connectivity index (χ0) is 21.1. The molecule has 2 heterocycles.